The summed E-state index contributed by atoms with van der Waals surface area (Å²) < 4.78 is 0. The predicted molar refractivity (Wildman–Crippen MR) is 89.3 cm³/mol. The number of anilines is 2. The summed E-state index contributed by atoms with van der Waals surface area (Å²) in [6, 6.07) is 5.57. The Balaban J connectivity index is 2.32. The zero-order chi connectivity index (χ0) is 15.0. The molecule has 0 saturated heterocycles. The molecule has 1 amide bonds. The first-order valence-corrected chi connectivity index (χ1v) is 8.19. The largest absolute Gasteiger partial charge is 0.398 e. The molecule has 0 heterocycles. The lowest BCUT2D eigenvalue weighted by molar-refractivity contribution is -0.113. The first-order chi connectivity index (χ1) is 9.58. The third kappa shape index (κ3) is 5.43. The lowest BCUT2D eigenvalue weighted by Gasteiger charge is -2.17. The monoisotopic (exact) mass is 295 g/mol. The van der Waals surface area contributed by atoms with Crippen LogP contribution < -0.4 is 11.1 Å². The summed E-state index contributed by atoms with van der Waals surface area (Å²) in [7, 11) is 0. The molecule has 0 bridgehead atoms. The van der Waals surface area contributed by atoms with Crippen LogP contribution >= 0.6 is 11.8 Å². The molecule has 0 aromatic heterocycles. The second-order valence-corrected chi connectivity index (χ2v) is 5.75. The van der Waals surface area contributed by atoms with Gasteiger partial charge in [0.2, 0.25) is 5.91 Å². The number of hydrogen-bond donors (Lipinski definition) is 2. The maximum Gasteiger partial charge on any atom is 0.234 e. The average Bonchev–Trinajstić information content (AvgIpc) is 2.44. The molecule has 0 fully saturated rings. The van der Waals surface area contributed by atoms with Crippen LogP contribution in [0.3, 0.4) is 0 Å². The summed E-state index contributed by atoms with van der Waals surface area (Å²) in [5.74, 6) is 1.49. The van der Waals surface area contributed by atoms with Gasteiger partial charge in [0.15, 0.2) is 0 Å². The molecule has 0 aliphatic carbocycles. The van der Waals surface area contributed by atoms with Crippen LogP contribution in [0.15, 0.2) is 18.2 Å². The molecular formula is C15H25N3OS. The van der Waals surface area contributed by atoms with E-state index in [4.69, 9.17) is 5.73 Å². The summed E-state index contributed by atoms with van der Waals surface area (Å²) in [6.45, 7) is 9.38. The second-order valence-electron chi connectivity index (χ2n) is 4.65. The smallest absolute Gasteiger partial charge is 0.234 e. The van der Waals surface area contributed by atoms with Crippen LogP contribution in [-0.2, 0) is 4.79 Å². The van der Waals surface area contributed by atoms with E-state index in [2.05, 4.69) is 24.1 Å². The summed E-state index contributed by atoms with van der Waals surface area (Å²) in [5.41, 5.74) is 8.26. The Labute approximate surface area is 126 Å². The van der Waals surface area contributed by atoms with Gasteiger partial charge in [-0.3, -0.25) is 4.79 Å². The number of carbonyl (C=O) groups is 1. The van der Waals surface area contributed by atoms with E-state index in [1.165, 1.54) is 0 Å². The number of nitrogens with zero attached hydrogens (tertiary/aromatic N) is 1. The van der Waals surface area contributed by atoms with Gasteiger partial charge in [0.1, 0.15) is 0 Å². The summed E-state index contributed by atoms with van der Waals surface area (Å²) >= 11 is 1.66. The van der Waals surface area contributed by atoms with E-state index in [9.17, 15) is 4.79 Å². The molecule has 1 rings (SSSR count). The number of rotatable bonds is 8. The molecule has 0 atom stereocenters. The SMILES string of the molecule is CCN(CC)CCSCC(=O)Nc1cccc(N)c1C. The second kappa shape index (κ2) is 8.87. The number of thioether (sulfide) groups is 1. The zero-order valence-electron chi connectivity index (χ0n) is 12.6. The molecule has 0 aliphatic rings. The standard InChI is InChI=1S/C15H25N3OS/c1-4-18(5-2)9-10-20-11-15(19)17-14-8-6-7-13(16)12(14)3/h6-8H,4-5,9-11,16H2,1-3H3,(H,17,19). The van der Waals surface area contributed by atoms with Crippen molar-refractivity contribution in [2.75, 3.05) is 42.2 Å². The number of hydrogen-bond acceptors (Lipinski definition) is 4. The fourth-order valence-electron chi connectivity index (χ4n) is 1.87. The number of amides is 1. The summed E-state index contributed by atoms with van der Waals surface area (Å²) in [6.07, 6.45) is 0. The maximum absolute atomic E-state index is 11.9. The normalized spacial score (nSPS) is 10.8. The first kappa shape index (κ1) is 16.9. The summed E-state index contributed by atoms with van der Waals surface area (Å²) in [5, 5.41) is 2.91. The fourth-order valence-corrected chi connectivity index (χ4v) is 2.66. The van der Waals surface area contributed by atoms with Gasteiger partial charge in [-0.05, 0) is 37.7 Å². The van der Waals surface area contributed by atoms with Gasteiger partial charge in [-0.25, -0.2) is 0 Å². The van der Waals surface area contributed by atoms with Crippen LogP contribution in [0.1, 0.15) is 19.4 Å². The molecule has 0 saturated carbocycles. The van der Waals surface area contributed by atoms with Crippen molar-refractivity contribution in [1.82, 2.24) is 4.90 Å². The third-order valence-corrected chi connectivity index (χ3v) is 4.27. The van der Waals surface area contributed by atoms with Gasteiger partial charge >= 0.3 is 0 Å². The van der Waals surface area contributed by atoms with Gasteiger partial charge in [-0.15, -0.1) is 0 Å². The molecular weight excluding hydrogens is 270 g/mol. The van der Waals surface area contributed by atoms with E-state index in [0.29, 0.717) is 11.4 Å². The molecule has 0 spiro atoms. The minimum atomic E-state index is 0.0308. The highest BCUT2D eigenvalue weighted by Crippen LogP contribution is 2.20. The molecule has 0 unspecified atom stereocenters. The zero-order valence-corrected chi connectivity index (χ0v) is 13.4. The summed E-state index contributed by atoms with van der Waals surface area (Å²) in [4.78, 5) is 14.2. The van der Waals surface area contributed by atoms with Gasteiger partial charge in [0, 0.05) is 23.7 Å². The minimum Gasteiger partial charge on any atom is -0.398 e. The quantitative estimate of drug-likeness (QED) is 0.572. The molecule has 20 heavy (non-hydrogen) atoms. The van der Waals surface area contributed by atoms with E-state index >= 15 is 0 Å². The van der Waals surface area contributed by atoms with E-state index in [1.807, 2.05) is 25.1 Å². The van der Waals surface area contributed by atoms with Crippen molar-refractivity contribution in [3.05, 3.63) is 23.8 Å². The molecule has 0 radical (unpaired) electrons. The fraction of sp³-hybridized carbons (Fsp3) is 0.533. The minimum absolute atomic E-state index is 0.0308. The lowest BCUT2D eigenvalue weighted by atomic mass is 10.1. The lowest BCUT2D eigenvalue weighted by Crippen LogP contribution is -2.26. The van der Waals surface area contributed by atoms with E-state index in [-0.39, 0.29) is 5.91 Å². The van der Waals surface area contributed by atoms with Gasteiger partial charge < -0.3 is 16.0 Å². The van der Waals surface area contributed by atoms with Crippen molar-refractivity contribution in [3.63, 3.8) is 0 Å². The highest BCUT2D eigenvalue weighted by molar-refractivity contribution is 7.99. The number of nitrogens with two attached hydrogens (primary N) is 1. The van der Waals surface area contributed by atoms with E-state index in [0.717, 1.165) is 36.6 Å². The van der Waals surface area contributed by atoms with Gasteiger partial charge in [0.25, 0.3) is 0 Å². The Morgan fingerprint density at radius 3 is 2.70 bits per heavy atom. The molecule has 1 aromatic rings. The number of carbonyl (C=O) groups excluding carboxylic acids is 1. The number of nitrogen functional groups attached to an aromatic ring is 1. The van der Waals surface area contributed by atoms with Crippen molar-refractivity contribution in [3.8, 4) is 0 Å². The predicted octanol–water partition coefficient (Wildman–Crippen LogP) is 2.59. The Hall–Kier alpha value is -1.20. The molecule has 3 N–H and O–H groups in total. The van der Waals surface area contributed by atoms with Crippen LogP contribution in [0.5, 0.6) is 0 Å². The van der Waals surface area contributed by atoms with E-state index < -0.39 is 0 Å². The molecule has 0 aliphatic heterocycles. The van der Waals surface area contributed by atoms with Gasteiger partial charge in [0.05, 0.1) is 5.75 Å². The number of benzene rings is 1. The maximum atomic E-state index is 11.9. The van der Waals surface area contributed by atoms with Crippen molar-refractivity contribution < 1.29 is 4.79 Å². The Morgan fingerprint density at radius 2 is 2.05 bits per heavy atom. The Kier molecular flexibility index (Phi) is 7.47. The number of nitrogens with one attached hydrogen (secondary N) is 1. The van der Waals surface area contributed by atoms with Crippen molar-refractivity contribution in [2.24, 2.45) is 0 Å². The molecule has 5 heteroatoms. The Morgan fingerprint density at radius 1 is 1.35 bits per heavy atom. The van der Waals surface area contributed by atoms with Crippen LogP contribution in [-0.4, -0.2) is 41.9 Å². The molecule has 112 valence electrons. The van der Waals surface area contributed by atoms with Crippen molar-refractivity contribution in [2.45, 2.75) is 20.8 Å². The molecule has 1 aromatic carbocycles. The highest BCUT2D eigenvalue weighted by atomic mass is 32.2. The third-order valence-electron chi connectivity index (χ3n) is 3.33. The van der Waals surface area contributed by atoms with E-state index in [1.54, 1.807) is 11.8 Å². The Bertz CT molecular complexity index is 433. The highest BCUT2D eigenvalue weighted by Gasteiger charge is 2.07. The van der Waals surface area contributed by atoms with Crippen molar-refractivity contribution in [1.29, 1.82) is 0 Å². The first-order valence-electron chi connectivity index (χ1n) is 7.03. The molecule has 4 nitrogen and oxygen atoms in total. The topological polar surface area (TPSA) is 58.4 Å². The van der Waals surface area contributed by atoms with Crippen LogP contribution in [0.25, 0.3) is 0 Å². The van der Waals surface area contributed by atoms with Crippen LogP contribution in [0.4, 0.5) is 11.4 Å². The van der Waals surface area contributed by atoms with Gasteiger partial charge in [-0.2, -0.15) is 11.8 Å². The van der Waals surface area contributed by atoms with Gasteiger partial charge in [-0.1, -0.05) is 19.9 Å². The van der Waals surface area contributed by atoms with Crippen molar-refractivity contribution >= 4 is 29.0 Å². The average molecular weight is 295 g/mol. The van der Waals surface area contributed by atoms with Crippen LogP contribution in [0.2, 0.25) is 0 Å². The van der Waals surface area contributed by atoms with Crippen LogP contribution in [0, 0.1) is 6.92 Å².